The Balaban J connectivity index is 1.21. The van der Waals surface area contributed by atoms with Crippen molar-refractivity contribution in [2.24, 2.45) is 11.8 Å². The Kier molecular flexibility index (Phi) is 6.42. The molecule has 0 spiro atoms. The number of hydrogen-bond donors (Lipinski definition) is 1. The number of rotatable bonds is 6. The van der Waals surface area contributed by atoms with E-state index in [2.05, 4.69) is 37.2 Å². The van der Waals surface area contributed by atoms with Gasteiger partial charge >= 0.3 is 0 Å². The molecular formula is C22H26BrClN4O. The third-order valence-corrected chi connectivity index (χ3v) is 7.03. The number of likely N-dealkylation sites (tertiary alicyclic amines) is 2. The van der Waals surface area contributed by atoms with Crippen LogP contribution in [-0.2, 0) is 0 Å². The fraction of sp³-hybridized carbons (Fsp3) is 0.455. The summed E-state index contributed by atoms with van der Waals surface area (Å²) in [5.74, 6) is 1.25. The first kappa shape index (κ1) is 20.6. The second-order valence-electron chi connectivity index (χ2n) is 8.08. The van der Waals surface area contributed by atoms with Gasteiger partial charge in [-0.05, 0) is 77.5 Å². The summed E-state index contributed by atoms with van der Waals surface area (Å²) in [7, 11) is 0. The number of pyridine rings is 1. The minimum absolute atomic E-state index is 0.0897. The number of aryl methyl sites for hydroxylation is 1. The quantitative estimate of drug-likeness (QED) is 0.497. The van der Waals surface area contributed by atoms with Crippen molar-refractivity contribution >= 4 is 39.1 Å². The lowest BCUT2D eigenvalue weighted by Gasteiger charge is -2.22. The summed E-state index contributed by atoms with van der Waals surface area (Å²) < 4.78 is 0.631. The van der Waals surface area contributed by atoms with Gasteiger partial charge in [0.2, 0.25) is 0 Å². The number of fused-ring (bicyclic) bond motifs is 1. The Labute approximate surface area is 185 Å². The third-order valence-electron chi connectivity index (χ3n) is 5.99. The molecule has 1 amide bonds. The summed E-state index contributed by atoms with van der Waals surface area (Å²) >= 11 is 9.58. The first-order valence-corrected chi connectivity index (χ1v) is 11.3. The average molecular weight is 478 g/mol. The smallest absolute Gasteiger partial charge is 0.256 e. The maximum atomic E-state index is 12.8. The first-order valence-electron chi connectivity index (χ1n) is 10.1. The van der Waals surface area contributed by atoms with Crippen LogP contribution >= 0.6 is 27.5 Å². The number of amides is 1. The molecule has 0 bridgehead atoms. The van der Waals surface area contributed by atoms with Gasteiger partial charge in [0, 0.05) is 49.6 Å². The second kappa shape index (κ2) is 9.02. The normalized spacial score (nSPS) is 21.4. The Morgan fingerprint density at radius 2 is 2.00 bits per heavy atom. The fourth-order valence-electron chi connectivity index (χ4n) is 4.39. The van der Waals surface area contributed by atoms with Crippen molar-refractivity contribution in [1.29, 1.82) is 0 Å². The molecule has 0 aliphatic carbocycles. The summed E-state index contributed by atoms with van der Waals surface area (Å²) in [5.41, 5.74) is 2.84. The zero-order chi connectivity index (χ0) is 20.4. The molecule has 0 radical (unpaired) electrons. The van der Waals surface area contributed by atoms with E-state index in [1.54, 1.807) is 6.20 Å². The number of aromatic nitrogens is 1. The van der Waals surface area contributed by atoms with Crippen LogP contribution in [0.4, 0.5) is 5.69 Å². The van der Waals surface area contributed by atoms with Gasteiger partial charge in [-0.2, -0.15) is 0 Å². The average Bonchev–Trinajstić information content (AvgIpc) is 3.26. The van der Waals surface area contributed by atoms with E-state index >= 15 is 0 Å². The van der Waals surface area contributed by atoms with E-state index in [9.17, 15) is 4.79 Å². The van der Waals surface area contributed by atoms with Crippen LogP contribution in [0.5, 0.6) is 0 Å². The van der Waals surface area contributed by atoms with Gasteiger partial charge in [-0.25, -0.2) is 4.98 Å². The molecule has 2 fully saturated rings. The van der Waals surface area contributed by atoms with Gasteiger partial charge in [0.15, 0.2) is 0 Å². The number of nitrogens with zero attached hydrogens (tertiary/aromatic N) is 3. The Morgan fingerprint density at radius 1 is 1.24 bits per heavy atom. The number of carbonyl (C=O) groups excluding carboxylic acids is 1. The molecule has 2 atom stereocenters. The van der Waals surface area contributed by atoms with E-state index < -0.39 is 0 Å². The van der Waals surface area contributed by atoms with Gasteiger partial charge in [-0.15, -0.1) is 0 Å². The van der Waals surface area contributed by atoms with Crippen LogP contribution in [0.25, 0.3) is 0 Å². The summed E-state index contributed by atoms with van der Waals surface area (Å²) in [5, 5.41) is 4.26. The number of halogens is 2. The number of carbonyl (C=O) groups is 1. The predicted octanol–water partition coefficient (Wildman–Crippen LogP) is 4.31. The van der Waals surface area contributed by atoms with Gasteiger partial charge in [-0.3, -0.25) is 4.79 Å². The maximum Gasteiger partial charge on any atom is 0.256 e. The topological polar surface area (TPSA) is 48.5 Å². The molecule has 29 heavy (non-hydrogen) atoms. The van der Waals surface area contributed by atoms with Crippen molar-refractivity contribution in [1.82, 2.24) is 14.8 Å². The molecule has 2 saturated heterocycles. The molecule has 5 nitrogen and oxygen atoms in total. The van der Waals surface area contributed by atoms with Crippen LogP contribution in [0.15, 0.2) is 41.1 Å². The SMILES string of the molecule is Cc1ccc(NCCCN2CC3CN(C(=O)c4cccnc4Br)CC3C2)cc1Cl. The number of benzene rings is 1. The minimum Gasteiger partial charge on any atom is -0.385 e. The highest BCUT2D eigenvalue weighted by Gasteiger charge is 2.41. The minimum atomic E-state index is 0.0897. The maximum absolute atomic E-state index is 12.8. The zero-order valence-electron chi connectivity index (χ0n) is 16.6. The number of nitrogens with one attached hydrogen (secondary N) is 1. The van der Waals surface area contributed by atoms with Crippen molar-refractivity contribution in [3.8, 4) is 0 Å². The molecule has 4 rings (SSSR count). The van der Waals surface area contributed by atoms with Gasteiger partial charge in [0.1, 0.15) is 4.60 Å². The Hall–Kier alpha value is -1.63. The van der Waals surface area contributed by atoms with Crippen LogP contribution in [0.3, 0.4) is 0 Å². The fourth-order valence-corrected chi connectivity index (χ4v) is 4.99. The van der Waals surface area contributed by atoms with E-state index in [0.29, 0.717) is 22.0 Å². The molecule has 2 unspecified atom stereocenters. The Bertz CT molecular complexity index is 879. The molecule has 7 heteroatoms. The monoisotopic (exact) mass is 476 g/mol. The molecule has 1 N–H and O–H groups in total. The van der Waals surface area contributed by atoms with Crippen molar-refractivity contribution in [2.75, 3.05) is 44.6 Å². The molecule has 2 aliphatic heterocycles. The van der Waals surface area contributed by atoms with Crippen molar-refractivity contribution in [2.45, 2.75) is 13.3 Å². The van der Waals surface area contributed by atoms with E-state index in [4.69, 9.17) is 11.6 Å². The molecule has 154 valence electrons. The zero-order valence-corrected chi connectivity index (χ0v) is 18.9. The van der Waals surface area contributed by atoms with Crippen molar-refractivity contribution < 1.29 is 4.79 Å². The molecule has 2 aromatic rings. The van der Waals surface area contributed by atoms with Crippen LogP contribution in [0.2, 0.25) is 5.02 Å². The largest absolute Gasteiger partial charge is 0.385 e. The van der Waals surface area contributed by atoms with Crippen LogP contribution in [0, 0.1) is 18.8 Å². The van der Waals surface area contributed by atoms with Gasteiger partial charge in [-0.1, -0.05) is 17.7 Å². The summed E-state index contributed by atoms with van der Waals surface area (Å²) in [6.07, 6.45) is 2.79. The van der Waals surface area contributed by atoms with E-state index in [1.165, 1.54) is 0 Å². The number of hydrogen-bond acceptors (Lipinski definition) is 4. The summed E-state index contributed by atoms with van der Waals surface area (Å²) in [6.45, 7) is 7.90. The Morgan fingerprint density at radius 3 is 2.69 bits per heavy atom. The molecule has 1 aromatic heterocycles. The van der Waals surface area contributed by atoms with Crippen LogP contribution in [-0.4, -0.2) is 60.0 Å². The van der Waals surface area contributed by atoms with E-state index in [0.717, 1.165) is 62.0 Å². The predicted molar refractivity (Wildman–Crippen MR) is 121 cm³/mol. The van der Waals surface area contributed by atoms with Gasteiger partial charge in [0.05, 0.1) is 5.56 Å². The molecule has 3 heterocycles. The first-order chi connectivity index (χ1) is 14.0. The highest BCUT2D eigenvalue weighted by molar-refractivity contribution is 9.10. The standard InChI is InChI=1S/C22H26BrClN4O/c1-15-5-6-18(10-20(15)24)25-8-3-9-27-11-16-13-28(14-17(16)12-27)22(29)19-4-2-7-26-21(19)23/h2,4-7,10,16-17,25H,3,8-9,11-14H2,1H3. The van der Waals surface area contributed by atoms with Gasteiger partial charge in [0.25, 0.3) is 5.91 Å². The molecular weight excluding hydrogens is 452 g/mol. The van der Waals surface area contributed by atoms with Crippen LogP contribution < -0.4 is 5.32 Å². The lowest BCUT2D eigenvalue weighted by Crippen LogP contribution is -2.34. The van der Waals surface area contributed by atoms with Crippen LogP contribution in [0.1, 0.15) is 22.3 Å². The second-order valence-corrected chi connectivity index (χ2v) is 9.23. The molecule has 0 saturated carbocycles. The summed E-state index contributed by atoms with van der Waals surface area (Å²) in [4.78, 5) is 21.5. The highest BCUT2D eigenvalue weighted by atomic mass is 79.9. The highest BCUT2D eigenvalue weighted by Crippen LogP contribution is 2.32. The van der Waals surface area contributed by atoms with Crippen molar-refractivity contribution in [3.05, 3.63) is 57.3 Å². The number of anilines is 1. The van der Waals surface area contributed by atoms with E-state index in [1.807, 2.05) is 36.1 Å². The van der Waals surface area contributed by atoms with Gasteiger partial charge < -0.3 is 15.1 Å². The lowest BCUT2D eigenvalue weighted by molar-refractivity contribution is 0.0772. The molecule has 2 aliphatic rings. The molecule has 1 aromatic carbocycles. The van der Waals surface area contributed by atoms with Crippen molar-refractivity contribution in [3.63, 3.8) is 0 Å². The lowest BCUT2D eigenvalue weighted by atomic mass is 10.0. The third kappa shape index (κ3) is 4.76. The summed E-state index contributed by atoms with van der Waals surface area (Å²) in [6, 6.07) is 9.77. The van der Waals surface area contributed by atoms with E-state index in [-0.39, 0.29) is 5.91 Å².